The number of imidazole rings is 1. The summed E-state index contributed by atoms with van der Waals surface area (Å²) in [6, 6.07) is 2.97. The molecule has 0 saturated carbocycles. The number of aromatic nitrogens is 3. The van der Waals surface area contributed by atoms with E-state index in [1.165, 1.54) is 6.07 Å². The second kappa shape index (κ2) is 2.85. The van der Waals surface area contributed by atoms with Crippen LogP contribution in [0.25, 0.3) is 11.2 Å². The van der Waals surface area contributed by atoms with E-state index in [0.29, 0.717) is 17.0 Å². The number of H-pyrrole nitrogens is 1. The number of terminal acetylenes is 1. The average molecular weight is 187 g/mol. The fraction of sp³-hybridized carbons (Fsp3) is 0. The van der Waals surface area contributed by atoms with E-state index in [9.17, 15) is 4.79 Å². The monoisotopic (exact) mass is 187 g/mol. The third-order valence-electron chi connectivity index (χ3n) is 1.70. The summed E-state index contributed by atoms with van der Waals surface area (Å²) in [7, 11) is 0. The summed E-state index contributed by atoms with van der Waals surface area (Å²) in [6.45, 7) is 0. The first-order valence-corrected chi connectivity index (χ1v) is 3.77. The third kappa shape index (κ3) is 1.19. The maximum Gasteiger partial charge on any atom is 0.354 e. The van der Waals surface area contributed by atoms with Gasteiger partial charge in [-0.2, -0.15) is 0 Å². The summed E-state index contributed by atoms with van der Waals surface area (Å²) in [5.74, 6) is 1.57. The molecule has 0 spiro atoms. The Balaban J connectivity index is 2.66. The molecular formula is C9H5N3O2. The van der Waals surface area contributed by atoms with E-state index in [2.05, 4.69) is 20.9 Å². The molecule has 0 aliphatic carbocycles. The predicted octanol–water partition coefficient (Wildman–Crippen LogP) is 0.637. The molecule has 0 fully saturated rings. The average Bonchev–Trinajstić information content (AvgIpc) is 2.58. The molecule has 0 radical (unpaired) electrons. The maximum absolute atomic E-state index is 10.6. The highest BCUT2D eigenvalue weighted by Crippen LogP contribution is 2.09. The number of aromatic amines is 1. The highest BCUT2D eigenvalue weighted by Gasteiger charge is 2.07. The molecule has 2 heterocycles. The molecule has 0 aliphatic rings. The van der Waals surface area contributed by atoms with Crippen molar-refractivity contribution >= 4 is 17.1 Å². The van der Waals surface area contributed by atoms with Crippen LogP contribution in [0.4, 0.5) is 0 Å². The lowest BCUT2D eigenvalue weighted by Crippen LogP contribution is -1.99. The van der Waals surface area contributed by atoms with Crippen LogP contribution < -0.4 is 0 Å². The van der Waals surface area contributed by atoms with Gasteiger partial charge in [0.25, 0.3) is 0 Å². The Hall–Kier alpha value is -2.35. The summed E-state index contributed by atoms with van der Waals surface area (Å²) >= 11 is 0. The molecule has 2 N–H and O–H groups in total. The van der Waals surface area contributed by atoms with Crippen molar-refractivity contribution in [2.24, 2.45) is 0 Å². The highest BCUT2D eigenvalue weighted by molar-refractivity contribution is 5.88. The van der Waals surface area contributed by atoms with E-state index >= 15 is 0 Å². The van der Waals surface area contributed by atoms with E-state index in [0.717, 1.165) is 0 Å². The first-order chi connectivity index (χ1) is 6.70. The molecular weight excluding hydrogens is 182 g/mol. The van der Waals surface area contributed by atoms with Crippen LogP contribution in [0.5, 0.6) is 0 Å². The van der Waals surface area contributed by atoms with Crippen molar-refractivity contribution in [2.75, 3.05) is 0 Å². The molecule has 0 bridgehead atoms. The van der Waals surface area contributed by atoms with Crippen molar-refractivity contribution in [2.45, 2.75) is 0 Å². The van der Waals surface area contributed by atoms with Gasteiger partial charge in [0, 0.05) is 0 Å². The van der Waals surface area contributed by atoms with Gasteiger partial charge >= 0.3 is 5.97 Å². The molecule has 2 aromatic rings. The molecule has 0 unspecified atom stereocenters. The summed E-state index contributed by atoms with van der Waals surface area (Å²) in [6.07, 6.45) is 5.12. The van der Waals surface area contributed by atoms with Crippen LogP contribution in [0.1, 0.15) is 16.3 Å². The summed E-state index contributed by atoms with van der Waals surface area (Å²) < 4.78 is 0. The number of nitrogens with zero attached hydrogens (tertiary/aromatic N) is 2. The van der Waals surface area contributed by atoms with Crippen LogP contribution in [0.3, 0.4) is 0 Å². The number of fused-ring (bicyclic) bond motifs is 1. The SMILES string of the molecule is C#Cc1nc2nc(C(=O)O)ccc2[nH]1. The van der Waals surface area contributed by atoms with E-state index < -0.39 is 5.97 Å². The molecule has 0 aliphatic heterocycles. The fourth-order valence-corrected chi connectivity index (χ4v) is 1.08. The van der Waals surface area contributed by atoms with Crippen LogP contribution in [-0.4, -0.2) is 26.0 Å². The minimum atomic E-state index is -1.09. The molecule has 0 amide bonds. The van der Waals surface area contributed by atoms with Gasteiger partial charge in [-0.15, -0.1) is 6.42 Å². The van der Waals surface area contributed by atoms with Gasteiger partial charge in [0.1, 0.15) is 0 Å². The fourth-order valence-electron chi connectivity index (χ4n) is 1.08. The minimum Gasteiger partial charge on any atom is -0.477 e. The number of carboxylic acids is 1. The predicted molar refractivity (Wildman–Crippen MR) is 48.8 cm³/mol. The standard InChI is InChI=1S/C9H5N3O2/c1-2-7-10-5-3-4-6(9(13)14)11-8(5)12-7/h1,3-4H,(H,13,14)(H,10,11,12). The molecule has 14 heavy (non-hydrogen) atoms. The number of rotatable bonds is 1. The van der Waals surface area contributed by atoms with Crippen molar-refractivity contribution in [3.8, 4) is 12.3 Å². The van der Waals surface area contributed by atoms with Gasteiger partial charge < -0.3 is 10.1 Å². The number of aromatic carboxylic acids is 1. The van der Waals surface area contributed by atoms with E-state index in [1.807, 2.05) is 0 Å². The Morgan fingerprint density at radius 3 is 2.93 bits per heavy atom. The number of pyridine rings is 1. The zero-order valence-corrected chi connectivity index (χ0v) is 6.98. The smallest absolute Gasteiger partial charge is 0.354 e. The van der Waals surface area contributed by atoms with Crippen molar-refractivity contribution in [1.29, 1.82) is 0 Å². The summed E-state index contributed by atoms with van der Waals surface area (Å²) in [5, 5.41) is 8.67. The van der Waals surface area contributed by atoms with Gasteiger partial charge in [-0.05, 0) is 18.1 Å². The Bertz CT molecular complexity index is 551. The first kappa shape index (κ1) is 8.26. The van der Waals surface area contributed by atoms with Crippen LogP contribution >= 0.6 is 0 Å². The molecule has 68 valence electrons. The number of carboxylic acid groups (broad SMARTS) is 1. The van der Waals surface area contributed by atoms with Crippen molar-refractivity contribution < 1.29 is 9.90 Å². The van der Waals surface area contributed by atoms with E-state index in [4.69, 9.17) is 11.5 Å². The number of hydrogen-bond donors (Lipinski definition) is 2. The molecule has 5 heteroatoms. The van der Waals surface area contributed by atoms with Gasteiger partial charge in [0.2, 0.25) is 0 Å². The van der Waals surface area contributed by atoms with Crippen LogP contribution in [-0.2, 0) is 0 Å². The molecule has 0 saturated heterocycles. The van der Waals surface area contributed by atoms with Gasteiger partial charge in [-0.3, -0.25) is 0 Å². The van der Waals surface area contributed by atoms with Gasteiger partial charge in [0.05, 0.1) is 5.52 Å². The van der Waals surface area contributed by atoms with Crippen molar-refractivity contribution in [1.82, 2.24) is 15.0 Å². The van der Waals surface area contributed by atoms with Crippen molar-refractivity contribution in [3.05, 3.63) is 23.7 Å². The largest absolute Gasteiger partial charge is 0.477 e. The van der Waals surface area contributed by atoms with Gasteiger partial charge in [0.15, 0.2) is 17.2 Å². The maximum atomic E-state index is 10.6. The first-order valence-electron chi connectivity index (χ1n) is 3.77. The number of nitrogens with one attached hydrogen (secondary N) is 1. The van der Waals surface area contributed by atoms with Crippen LogP contribution in [0.15, 0.2) is 12.1 Å². The molecule has 0 atom stereocenters. The van der Waals surface area contributed by atoms with E-state index in [1.54, 1.807) is 6.07 Å². The number of carbonyl (C=O) groups is 1. The highest BCUT2D eigenvalue weighted by atomic mass is 16.4. The lowest BCUT2D eigenvalue weighted by atomic mass is 10.3. The lowest BCUT2D eigenvalue weighted by molar-refractivity contribution is 0.0691. The zero-order chi connectivity index (χ0) is 10.1. The molecule has 2 rings (SSSR count). The molecule has 5 nitrogen and oxygen atoms in total. The Labute approximate surface area is 78.8 Å². The normalized spacial score (nSPS) is 9.93. The Morgan fingerprint density at radius 2 is 2.29 bits per heavy atom. The minimum absolute atomic E-state index is 0.0485. The Kier molecular flexibility index (Phi) is 1.68. The number of hydrogen-bond acceptors (Lipinski definition) is 3. The van der Waals surface area contributed by atoms with Crippen LogP contribution in [0.2, 0.25) is 0 Å². The van der Waals surface area contributed by atoms with E-state index in [-0.39, 0.29) is 5.69 Å². The zero-order valence-electron chi connectivity index (χ0n) is 6.98. The lowest BCUT2D eigenvalue weighted by Gasteiger charge is -1.91. The second-order valence-corrected chi connectivity index (χ2v) is 2.60. The molecule has 2 aromatic heterocycles. The topological polar surface area (TPSA) is 78.9 Å². The molecule has 0 aromatic carbocycles. The van der Waals surface area contributed by atoms with Crippen molar-refractivity contribution in [3.63, 3.8) is 0 Å². The van der Waals surface area contributed by atoms with Crippen LogP contribution in [0, 0.1) is 12.3 Å². The third-order valence-corrected chi connectivity index (χ3v) is 1.70. The van der Waals surface area contributed by atoms with Gasteiger partial charge in [-0.25, -0.2) is 14.8 Å². The summed E-state index contributed by atoms with van der Waals surface area (Å²) in [5.41, 5.74) is 0.897. The van der Waals surface area contributed by atoms with Gasteiger partial charge in [-0.1, -0.05) is 0 Å². The Morgan fingerprint density at radius 1 is 1.50 bits per heavy atom. The summed E-state index contributed by atoms with van der Waals surface area (Å²) in [4.78, 5) is 21.1. The second-order valence-electron chi connectivity index (χ2n) is 2.60. The quantitative estimate of drug-likeness (QED) is 0.642.